The van der Waals surface area contributed by atoms with Crippen LogP contribution in [0.4, 0.5) is 0 Å². The fourth-order valence-electron chi connectivity index (χ4n) is 3.74. The summed E-state index contributed by atoms with van der Waals surface area (Å²) in [5.74, 6) is -0.907. The quantitative estimate of drug-likeness (QED) is 0.505. The van der Waals surface area contributed by atoms with Gasteiger partial charge < -0.3 is 5.11 Å². The molecule has 0 radical (unpaired) electrons. The van der Waals surface area contributed by atoms with Crippen molar-refractivity contribution in [2.24, 2.45) is 0 Å². The van der Waals surface area contributed by atoms with Gasteiger partial charge in [-0.15, -0.1) is 11.3 Å². The lowest BCUT2D eigenvalue weighted by atomic mass is 9.73. The highest BCUT2D eigenvalue weighted by Crippen LogP contribution is 2.42. The van der Waals surface area contributed by atoms with E-state index in [1.54, 1.807) is 23.5 Å². The highest BCUT2D eigenvalue weighted by atomic mass is 32.1. The van der Waals surface area contributed by atoms with Gasteiger partial charge in [0.15, 0.2) is 0 Å². The summed E-state index contributed by atoms with van der Waals surface area (Å²) in [6, 6.07) is 17.9. The van der Waals surface area contributed by atoms with E-state index in [-0.39, 0.29) is 5.41 Å². The van der Waals surface area contributed by atoms with Gasteiger partial charge in [-0.3, -0.25) is 0 Å². The first-order valence-electron chi connectivity index (χ1n) is 9.35. The van der Waals surface area contributed by atoms with Crippen molar-refractivity contribution < 1.29 is 9.90 Å². The van der Waals surface area contributed by atoms with Gasteiger partial charge in [-0.25, -0.2) is 4.79 Å². The number of aromatic carboxylic acids is 1. The average molecular weight is 387 g/mol. The third-order valence-electron chi connectivity index (χ3n) is 5.31. The van der Waals surface area contributed by atoms with Gasteiger partial charge in [0.2, 0.25) is 0 Å². The largest absolute Gasteiger partial charge is 0.478 e. The van der Waals surface area contributed by atoms with Crippen LogP contribution >= 0.6 is 11.3 Å². The summed E-state index contributed by atoms with van der Waals surface area (Å²) < 4.78 is 0. The summed E-state index contributed by atoms with van der Waals surface area (Å²) in [7, 11) is 0. The highest BCUT2D eigenvalue weighted by Gasteiger charge is 2.28. The van der Waals surface area contributed by atoms with Crippen molar-refractivity contribution in [1.82, 2.24) is 0 Å². The summed E-state index contributed by atoms with van der Waals surface area (Å²) >= 11 is 1.76. The van der Waals surface area contributed by atoms with Crippen LogP contribution in [0.3, 0.4) is 0 Å². The number of carbonyl (C=O) groups is 1. The first-order valence-corrected chi connectivity index (χ1v) is 10.2. The molecule has 0 spiro atoms. The lowest BCUT2D eigenvalue weighted by Crippen LogP contribution is -2.21. The number of rotatable bonds is 4. The SMILES string of the molecule is CC1(C)CC=C(c2cccs2)c2cc(/C=C/c3ccccc3C(=O)O)ccc21. The van der Waals surface area contributed by atoms with Crippen LogP contribution in [0.2, 0.25) is 0 Å². The molecule has 0 unspecified atom stereocenters. The number of thiophene rings is 1. The van der Waals surface area contributed by atoms with Gasteiger partial charge in [0.25, 0.3) is 0 Å². The Morgan fingerprint density at radius 3 is 2.64 bits per heavy atom. The molecule has 140 valence electrons. The molecule has 0 bridgehead atoms. The molecule has 0 atom stereocenters. The van der Waals surface area contributed by atoms with Crippen LogP contribution in [0, 0.1) is 0 Å². The molecular weight excluding hydrogens is 364 g/mol. The average Bonchev–Trinajstić information content (AvgIpc) is 3.21. The Morgan fingerprint density at radius 2 is 1.89 bits per heavy atom. The van der Waals surface area contributed by atoms with Gasteiger partial charge in [0.05, 0.1) is 5.56 Å². The number of benzene rings is 2. The first kappa shape index (κ1) is 18.5. The molecule has 1 N–H and O–H groups in total. The lowest BCUT2D eigenvalue weighted by molar-refractivity contribution is 0.0696. The Labute approximate surface area is 169 Å². The maximum absolute atomic E-state index is 11.4. The van der Waals surface area contributed by atoms with Crippen molar-refractivity contribution in [2.75, 3.05) is 0 Å². The van der Waals surface area contributed by atoms with Crippen LogP contribution in [0.15, 0.2) is 66.1 Å². The van der Waals surface area contributed by atoms with Gasteiger partial charge in [0, 0.05) is 4.88 Å². The lowest BCUT2D eigenvalue weighted by Gasteiger charge is -2.32. The fraction of sp³-hybridized carbons (Fsp3) is 0.160. The molecule has 1 aliphatic carbocycles. The van der Waals surface area contributed by atoms with Crippen LogP contribution in [0.25, 0.3) is 17.7 Å². The molecule has 1 aliphatic rings. The molecule has 0 amide bonds. The molecule has 1 aromatic heterocycles. The molecule has 4 rings (SSSR count). The zero-order valence-electron chi connectivity index (χ0n) is 16.0. The number of carboxylic acid groups (broad SMARTS) is 1. The van der Waals surface area contributed by atoms with Gasteiger partial charge in [-0.1, -0.05) is 68.5 Å². The van der Waals surface area contributed by atoms with E-state index < -0.39 is 5.97 Å². The van der Waals surface area contributed by atoms with Crippen LogP contribution in [-0.4, -0.2) is 11.1 Å². The third-order valence-corrected chi connectivity index (χ3v) is 6.22. The Kier molecular flexibility index (Phi) is 4.78. The van der Waals surface area contributed by atoms with Crippen LogP contribution in [-0.2, 0) is 5.41 Å². The summed E-state index contributed by atoms with van der Waals surface area (Å²) in [5.41, 5.74) is 6.13. The van der Waals surface area contributed by atoms with E-state index in [4.69, 9.17) is 0 Å². The predicted octanol–water partition coefficient (Wildman–Crippen LogP) is 6.73. The number of hydrogen-bond acceptors (Lipinski definition) is 2. The zero-order valence-corrected chi connectivity index (χ0v) is 16.8. The van der Waals surface area contributed by atoms with Crippen molar-refractivity contribution >= 4 is 35.0 Å². The van der Waals surface area contributed by atoms with E-state index in [0.717, 1.165) is 12.0 Å². The minimum Gasteiger partial charge on any atom is -0.478 e. The van der Waals surface area contributed by atoms with Crippen molar-refractivity contribution in [1.29, 1.82) is 0 Å². The number of fused-ring (bicyclic) bond motifs is 1. The minimum atomic E-state index is -0.907. The molecule has 0 fully saturated rings. The molecule has 0 saturated carbocycles. The monoisotopic (exact) mass is 386 g/mol. The number of allylic oxidation sites excluding steroid dienone is 1. The second-order valence-corrected chi connectivity index (χ2v) is 8.66. The minimum absolute atomic E-state index is 0.105. The Hall–Kier alpha value is -2.91. The molecular formula is C25H22O2S. The van der Waals surface area contributed by atoms with Crippen LogP contribution in [0.1, 0.15) is 57.8 Å². The molecule has 0 aliphatic heterocycles. The van der Waals surface area contributed by atoms with Gasteiger partial charge in [0.1, 0.15) is 0 Å². The molecule has 3 aromatic rings. The maximum Gasteiger partial charge on any atom is 0.336 e. The standard InChI is InChI=1S/C25H22O2S/c1-25(2)14-13-20(23-8-5-15-28-23)21-16-17(10-12-22(21)25)9-11-18-6-3-4-7-19(18)24(26)27/h3-13,15-16H,14H2,1-2H3,(H,26,27)/b11-9+. The van der Waals surface area contributed by atoms with Gasteiger partial charge in [-0.05, 0) is 63.2 Å². The van der Waals surface area contributed by atoms with Crippen LogP contribution in [0.5, 0.6) is 0 Å². The third kappa shape index (κ3) is 3.46. The van der Waals surface area contributed by atoms with Crippen molar-refractivity contribution in [2.45, 2.75) is 25.7 Å². The molecule has 1 heterocycles. The topological polar surface area (TPSA) is 37.3 Å². The normalized spacial score (nSPS) is 15.3. The molecule has 2 aromatic carbocycles. The van der Waals surface area contributed by atoms with Gasteiger partial charge in [-0.2, -0.15) is 0 Å². The summed E-state index contributed by atoms with van der Waals surface area (Å²) in [6.45, 7) is 4.57. The first-order chi connectivity index (χ1) is 13.5. The van der Waals surface area contributed by atoms with E-state index in [2.05, 4.69) is 55.6 Å². The molecule has 3 heteroatoms. The smallest absolute Gasteiger partial charge is 0.336 e. The summed E-state index contributed by atoms with van der Waals surface area (Å²) in [6.07, 6.45) is 7.25. The maximum atomic E-state index is 11.4. The van der Waals surface area contributed by atoms with Crippen molar-refractivity contribution in [3.63, 3.8) is 0 Å². The Morgan fingerprint density at radius 1 is 1.07 bits per heavy atom. The number of hydrogen-bond donors (Lipinski definition) is 1. The molecule has 28 heavy (non-hydrogen) atoms. The summed E-state index contributed by atoms with van der Waals surface area (Å²) in [5, 5.41) is 11.5. The second kappa shape index (κ2) is 7.25. The van der Waals surface area contributed by atoms with E-state index in [0.29, 0.717) is 11.1 Å². The van der Waals surface area contributed by atoms with E-state index in [1.165, 1.54) is 21.6 Å². The van der Waals surface area contributed by atoms with Crippen molar-refractivity contribution in [3.05, 3.63) is 98.7 Å². The van der Waals surface area contributed by atoms with Gasteiger partial charge >= 0.3 is 5.97 Å². The summed E-state index contributed by atoms with van der Waals surface area (Å²) in [4.78, 5) is 12.7. The Balaban J connectivity index is 1.75. The Bertz CT molecular complexity index is 1090. The fourth-order valence-corrected chi connectivity index (χ4v) is 4.53. The van der Waals surface area contributed by atoms with E-state index in [9.17, 15) is 9.90 Å². The predicted molar refractivity (Wildman–Crippen MR) is 118 cm³/mol. The van der Waals surface area contributed by atoms with E-state index in [1.807, 2.05) is 24.3 Å². The van der Waals surface area contributed by atoms with Crippen LogP contribution < -0.4 is 0 Å². The second-order valence-electron chi connectivity index (χ2n) is 7.71. The number of carboxylic acids is 1. The van der Waals surface area contributed by atoms with E-state index >= 15 is 0 Å². The zero-order chi connectivity index (χ0) is 19.7. The molecule has 2 nitrogen and oxygen atoms in total. The molecule has 0 saturated heterocycles. The van der Waals surface area contributed by atoms with Crippen molar-refractivity contribution in [3.8, 4) is 0 Å². The highest BCUT2D eigenvalue weighted by molar-refractivity contribution is 7.11.